The normalized spacial score (nSPS) is 17.1. The van der Waals surface area contributed by atoms with Crippen LogP contribution in [0.15, 0.2) is 78.4 Å². The smallest absolute Gasteiger partial charge is 0.330 e. The zero-order valence-corrected chi connectivity index (χ0v) is 19.2. The Hall–Kier alpha value is -4.40. The van der Waals surface area contributed by atoms with Crippen molar-refractivity contribution in [2.75, 3.05) is 13.1 Å². The third-order valence-electron chi connectivity index (χ3n) is 5.92. The molecule has 1 aliphatic carbocycles. The molecule has 4 rings (SSSR count). The topological polar surface area (TPSA) is 163 Å². The number of carbonyl (C=O) groups excluding carboxylic acids is 2. The second kappa shape index (κ2) is 11.6. The van der Waals surface area contributed by atoms with Crippen molar-refractivity contribution in [1.82, 2.24) is 10.2 Å². The lowest BCUT2D eigenvalue weighted by molar-refractivity contribution is -0.139. The molecule has 2 aromatic rings. The van der Waals surface area contributed by atoms with Crippen LogP contribution in [0.4, 0.5) is 4.79 Å². The van der Waals surface area contributed by atoms with Gasteiger partial charge in [-0.15, -0.1) is 0 Å². The van der Waals surface area contributed by atoms with Gasteiger partial charge in [0.15, 0.2) is 6.04 Å². The second-order valence-corrected chi connectivity index (χ2v) is 8.30. The summed E-state index contributed by atoms with van der Waals surface area (Å²) in [6.45, 7) is 1.54. The zero-order chi connectivity index (χ0) is 25.4. The first-order valence-corrected chi connectivity index (χ1v) is 11.2. The van der Waals surface area contributed by atoms with Crippen LogP contribution in [0.2, 0.25) is 0 Å². The molecule has 0 radical (unpaired) electrons. The van der Waals surface area contributed by atoms with Crippen molar-refractivity contribution in [3.8, 4) is 0 Å². The molecule has 0 saturated carbocycles. The molecule has 0 bridgehead atoms. The number of allylic oxidation sites excluding steroid dienone is 3. The lowest BCUT2D eigenvalue weighted by Gasteiger charge is -2.33. The number of nitrogens with zero attached hydrogens (tertiary/aromatic N) is 1. The van der Waals surface area contributed by atoms with E-state index in [1.165, 1.54) is 17.7 Å². The number of hydrogen-bond donors (Lipinski definition) is 5. The average Bonchev–Trinajstić information content (AvgIpc) is 2.87. The van der Waals surface area contributed by atoms with Crippen LogP contribution in [-0.2, 0) is 4.79 Å². The number of benzene rings is 2. The van der Waals surface area contributed by atoms with Crippen LogP contribution < -0.4 is 16.8 Å². The molecule has 1 aliphatic heterocycles. The van der Waals surface area contributed by atoms with E-state index in [-0.39, 0.29) is 17.4 Å². The summed E-state index contributed by atoms with van der Waals surface area (Å²) in [5, 5.41) is 19.1. The first kappa shape index (κ1) is 25.2. The SMILES string of the molecule is N=C(N)c1cccc(C(=O)N[C@@H](C(=O)O)c2ccccc2)c1.NC(=O)N1CCC2CC=CC=C2C1. The molecule has 1 heterocycles. The number of nitrogen functional groups attached to an aromatic ring is 1. The fourth-order valence-electron chi connectivity index (χ4n) is 3.98. The van der Waals surface area contributed by atoms with Crippen LogP contribution in [0.5, 0.6) is 0 Å². The van der Waals surface area contributed by atoms with Gasteiger partial charge in [0, 0.05) is 24.2 Å². The van der Waals surface area contributed by atoms with Crippen LogP contribution in [-0.4, -0.2) is 46.8 Å². The van der Waals surface area contributed by atoms with Crippen molar-refractivity contribution in [2.45, 2.75) is 18.9 Å². The van der Waals surface area contributed by atoms with Crippen molar-refractivity contribution in [3.63, 3.8) is 0 Å². The third-order valence-corrected chi connectivity index (χ3v) is 5.92. The fraction of sp³-hybridized carbons (Fsp3) is 0.231. The minimum absolute atomic E-state index is 0.160. The molecule has 1 fully saturated rings. The number of amides is 3. The van der Waals surface area contributed by atoms with Gasteiger partial charge in [0.25, 0.3) is 5.91 Å². The molecule has 7 N–H and O–H groups in total. The highest BCUT2D eigenvalue weighted by atomic mass is 16.4. The number of carboxylic acid groups (broad SMARTS) is 1. The van der Waals surface area contributed by atoms with E-state index in [2.05, 4.69) is 23.5 Å². The number of primary amides is 1. The summed E-state index contributed by atoms with van der Waals surface area (Å²) in [6.07, 6.45) is 8.55. The van der Waals surface area contributed by atoms with Crippen molar-refractivity contribution < 1.29 is 19.5 Å². The van der Waals surface area contributed by atoms with Crippen molar-refractivity contribution >= 4 is 23.7 Å². The summed E-state index contributed by atoms with van der Waals surface area (Å²) in [5.74, 6) is -1.20. The maximum Gasteiger partial charge on any atom is 0.330 e. The number of carbonyl (C=O) groups is 3. The maximum absolute atomic E-state index is 12.2. The highest BCUT2D eigenvalue weighted by Crippen LogP contribution is 2.28. The Morgan fingerprint density at radius 1 is 1.06 bits per heavy atom. The quantitative estimate of drug-likeness (QED) is 0.331. The third kappa shape index (κ3) is 6.80. The first-order valence-electron chi connectivity index (χ1n) is 11.2. The molecule has 1 unspecified atom stereocenters. The van der Waals surface area contributed by atoms with Gasteiger partial charge in [-0.05, 0) is 42.0 Å². The Morgan fingerprint density at radius 2 is 1.77 bits per heavy atom. The molecular formula is C26H29N5O4. The molecule has 182 valence electrons. The molecule has 9 nitrogen and oxygen atoms in total. The standard InChI is InChI=1S/C16H15N3O3.C10H14N2O/c17-14(18)11-7-4-8-12(9-11)15(20)19-13(16(21)22)10-5-2-1-3-6-10;11-10(13)12-6-5-8-3-1-2-4-9(8)7-12/h1-9,13H,(H3,17,18)(H,19,20)(H,21,22);1-2,4,8H,3,5-7H2,(H2,11,13)/t13-;/m1./s1. The number of aliphatic carboxylic acids is 1. The van der Waals surface area contributed by atoms with Gasteiger partial charge in [-0.3, -0.25) is 10.2 Å². The minimum Gasteiger partial charge on any atom is -0.479 e. The van der Waals surface area contributed by atoms with E-state index < -0.39 is 17.9 Å². The number of amidine groups is 1. The molecule has 3 amide bonds. The lowest BCUT2D eigenvalue weighted by Crippen LogP contribution is -2.43. The van der Waals surface area contributed by atoms with E-state index in [0.29, 0.717) is 17.0 Å². The molecular weight excluding hydrogens is 446 g/mol. The number of fused-ring (bicyclic) bond motifs is 1. The van der Waals surface area contributed by atoms with Gasteiger partial charge in [-0.1, -0.05) is 60.7 Å². The average molecular weight is 476 g/mol. The number of rotatable bonds is 5. The summed E-state index contributed by atoms with van der Waals surface area (Å²) < 4.78 is 0. The number of likely N-dealkylation sites (tertiary alicyclic amines) is 1. The van der Waals surface area contributed by atoms with Crippen molar-refractivity contribution in [2.24, 2.45) is 17.4 Å². The molecule has 2 aromatic carbocycles. The zero-order valence-electron chi connectivity index (χ0n) is 19.2. The Kier molecular flexibility index (Phi) is 8.39. The van der Waals surface area contributed by atoms with E-state index in [1.807, 2.05) is 0 Å². The number of hydrogen-bond acceptors (Lipinski definition) is 4. The van der Waals surface area contributed by atoms with Gasteiger partial charge in [-0.25, -0.2) is 9.59 Å². The van der Waals surface area contributed by atoms with E-state index >= 15 is 0 Å². The summed E-state index contributed by atoms with van der Waals surface area (Å²) in [6, 6.07) is 13.2. The summed E-state index contributed by atoms with van der Waals surface area (Å²) in [5.41, 5.74) is 13.1. The maximum atomic E-state index is 12.2. The molecule has 2 atom stereocenters. The highest BCUT2D eigenvalue weighted by Gasteiger charge is 2.25. The Morgan fingerprint density at radius 3 is 2.43 bits per heavy atom. The molecule has 9 heteroatoms. The van der Waals surface area contributed by atoms with E-state index in [4.69, 9.17) is 16.9 Å². The summed E-state index contributed by atoms with van der Waals surface area (Å²) in [7, 11) is 0. The number of nitrogens with two attached hydrogens (primary N) is 2. The predicted molar refractivity (Wildman–Crippen MR) is 133 cm³/mol. The van der Waals surface area contributed by atoms with Crippen LogP contribution in [0.3, 0.4) is 0 Å². The number of piperidine rings is 1. The van der Waals surface area contributed by atoms with Gasteiger partial charge in [0.2, 0.25) is 0 Å². The van der Waals surface area contributed by atoms with E-state index in [1.54, 1.807) is 47.4 Å². The van der Waals surface area contributed by atoms with Gasteiger partial charge in [0.05, 0.1) is 0 Å². The molecule has 1 saturated heterocycles. The predicted octanol–water partition coefficient (Wildman–Crippen LogP) is 2.80. The largest absolute Gasteiger partial charge is 0.479 e. The molecule has 35 heavy (non-hydrogen) atoms. The lowest BCUT2D eigenvalue weighted by atomic mass is 9.85. The van der Waals surface area contributed by atoms with Crippen molar-refractivity contribution in [3.05, 3.63) is 95.1 Å². The van der Waals surface area contributed by atoms with Gasteiger partial charge >= 0.3 is 12.0 Å². The fourth-order valence-corrected chi connectivity index (χ4v) is 3.98. The highest BCUT2D eigenvalue weighted by molar-refractivity contribution is 6.01. The number of nitrogens with one attached hydrogen (secondary N) is 2. The van der Waals surface area contributed by atoms with Crippen LogP contribution in [0.1, 0.15) is 40.4 Å². The van der Waals surface area contributed by atoms with Crippen LogP contribution >= 0.6 is 0 Å². The molecule has 0 spiro atoms. The molecule has 2 aliphatic rings. The number of urea groups is 1. The Labute approximate surface area is 203 Å². The Balaban J connectivity index is 0.000000223. The second-order valence-electron chi connectivity index (χ2n) is 8.30. The van der Waals surface area contributed by atoms with E-state index in [9.17, 15) is 19.5 Å². The summed E-state index contributed by atoms with van der Waals surface area (Å²) in [4.78, 5) is 36.2. The Bertz CT molecular complexity index is 1160. The first-order chi connectivity index (χ1) is 16.8. The van der Waals surface area contributed by atoms with Gasteiger partial charge < -0.3 is 26.8 Å². The minimum atomic E-state index is -1.15. The van der Waals surface area contributed by atoms with E-state index in [0.717, 1.165) is 25.9 Å². The monoisotopic (exact) mass is 475 g/mol. The van der Waals surface area contributed by atoms with Crippen LogP contribution in [0.25, 0.3) is 0 Å². The van der Waals surface area contributed by atoms with Gasteiger partial charge in [0.1, 0.15) is 5.84 Å². The molecule has 0 aromatic heterocycles. The number of carboxylic acids is 1. The summed E-state index contributed by atoms with van der Waals surface area (Å²) >= 11 is 0. The van der Waals surface area contributed by atoms with Crippen LogP contribution in [0, 0.1) is 11.3 Å². The van der Waals surface area contributed by atoms with Gasteiger partial charge in [-0.2, -0.15) is 0 Å². The van der Waals surface area contributed by atoms with Crippen molar-refractivity contribution in [1.29, 1.82) is 5.41 Å².